The molecule has 0 fully saturated rings. The van der Waals surface area contributed by atoms with E-state index in [9.17, 15) is 19.7 Å². The number of esters is 1. The molecule has 1 atom stereocenters. The Bertz CT molecular complexity index is 1930. The molecule has 43 heavy (non-hydrogen) atoms. The number of fused-ring (bicyclic) bond motifs is 1. The molecule has 1 aliphatic heterocycles. The summed E-state index contributed by atoms with van der Waals surface area (Å²) in [5.74, 6) is -0.172. The lowest BCUT2D eigenvalue weighted by Gasteiger charge is -2.25. The summed E-state index contributed by atoms with van der Waals surface area (Å²) in [6.45, 7) is 3.66. The Morgan fingerprint density at radius 3 is 2.53 bits per heavy atom. The molecular formula is C31H26ClN3O7S. The van der Waals surface area contributed by atoms with Gasteiger partial charge in [0, 0.05) is 5.02 Å². The van der Waals surface area contributed by atoms with Crippen LogP contribution in [0.25, 0.3) is 6.08 Å². The van der Waals surface area contributed by atoms with Gasteiger partial charge in [-0.3, -0.25) is 19.5 Å². The maximum atomic E-state index is 13.9. The average molecular weight is 620 g/mol. The fraction of sp³-hybridized carbons (Fsp3) is 0.194. The van der Waals surface area contributed by atoms with Gasteiger partial charge >= 0.3 is 5.97 Å². The minimum Gasteiger partial charge on any atom is -0.493 e. The Morgan fingerprint density at radius 2 is 1.86 bits per heavy atom. The van der Waals surface area contributed by atoms with Crippen LogP contribution in [0.2, 0.25) is 5.02 Å². The minimum atomic E-state index is -0.913. The number of aromatic nitrogens is 1. The summed E-state index contributed by atoms with van der Waals surface area (Å²) in [7, 11) is 1.43. The number of ether oxygens (including phenoxy) is 3. The van der Waals surface area contributed by atoms with Crippen molar-refractivity contribution < 1.29 is 23.9 Å². The number of hydrogen-bond donors (Lipinski definition) is 0. The highest BCUT2D eigenvalue weighted by Gasteiger charge is 2.34. The van der Waals surface area contributed by atoms with Crippen molar-refractivity contribution in [2.75, 3.05) is 13.7 Å². The van der Waals surface area contributed by atoms with Gasteiger partial charge in [-0.1, -0.05) is 71.5 Å². The van der Waals surface area contributed by atoms with E-state index in [1.165, 1.54) is 29.9 Å². The number of rotatable bonds is 9. The second-order valence-corrected chi connectivity index (χ2v) is 10.8. The Labute approximate surface area is 254 Å². The second-order valence-electron chi connectivity index (χ2n) is 9.42. The predicted molar refractivity (Wildman–Crippen MR) is 162 cm³/mol. The number of nitrogens with zero attached hydrogens (tertiary/aromatic N) is 3. The first-order chi connectivity index (χ1) is 20.7. The maximum Gasteiger partial charge on any atom is 0.338 e. The molecule has 0 spiro atoms. The van der Waals surface area contributed by atoms with E-state index in [1.54, 1.807) is 38.1 Å². The van der Waals surface area contributed by atoms with Crippen LogP contribution in [0.4, 0.5) is 5.69 Å². The molecule has 10 nitrogen and oxygen atoms in total. The van der Waals surface area contributed by atoms with E-state index >= 15 is 0 Å². The van der Waals surface area contributed by atoms with Gasteiger partial charge in [-0.2, -0.15) is 0 Å². The summed E-state index contributed by atoms with van der Waals surface area (Å²) < 4.78 is 18.2. The average Bonchev–Trinajstić information content (AvgIpc) is 3.30. The molecule has 12 heteroatoms. The minimum absolute atomic E-state index is 0.131. The zero-order valence-electron chi connectivity index (χ0n) is 23.4. The van der Waals surface area contributed by atoms with E-state index in [0.717, 1.165) is 16.9 Å². The number of nitro benzene ring substituents is 1. The molecule has 0 amide bonds. The lowest BCUT2D eigenvalue weighted by Crippen LogP contribution is -2.40. The van der Waals surface area contributed by atoms with Gasteiger partial charge in [0.05, 0.1) is 46.1 Å². The zero-order valence-corrected chi connectivity index (χ0v) is 25.0. The molecule has 1 aliphatic rings. The number of thiazole rings is 1. The monoisotopic (exact) mass is 619 g/mol. The summed E-state index contributed by atoms with van der Waals surface area (Å²) in [5, 5.41) is 12.5. The summed E-state index contributed by atoms with van der Waals surface area (Å²) in [4.78, 5) is 43.5. The third-order valence-corrected chi connectivity index (χ3v) is 8.08. The Morgan fingerprint density at radius 1 is 1.14 bits per heavy atom. The highest BCUT2D eigenvalue weighted by Crippen LogP contribution is 2.36. The lowest BCUT2D eigenvalue weighted by atomic mass is 9.96. The highest BCUT2D eigenvalue weighted by atomic mass is 35.5. The number of benzene rings is 3. The van der Waals surface area contributed by atoms with Gasteiger partial charge in [0.25, 0.3) is 11.2 Å². The molecule has 220 valence electrons. The van der Waals surface area contributed by atoms with Crippen LogP contribution in [0.1, 0.15) is 36.6 Å². The first-order valence-corrected chi connectivity index (χ1v) is 14.4. The summed E-state index contributed by atoms with van der Waals surface area (Å²) in [6.07, 6.45) is 1.42. The predicted octanol–water partition coefficient (Wildman–Crippen LogP) is 4.95. The Balaban J connectivity index is 1.65. The standard InChI is InChI=1S/C31H26ClN3O7S/c1-4-41-30(37)27-18(2)33-31-34(28(27)21-12-8-9-13-22(21)32)29(36)26(43-31)15-20-14-24(40-3)25(16-23(20)35(38)39)42-17-19-10-6-5-7-11-19/h5-16,28H,4,17H2,1-3H3/b26-15-/t28-/m1/s1. The van der Waals surface area contributed by atoms with Crippen LogP contribution >= 0.6 is 22.9 Å². The van der Waals surface area contributed by atoms with Crippen molar-refractivity contribution in [1.29, 1.82) is 0 Å². The number of halogens is 1. The fourth-order valence-electron chi connectivity index (χ4n) is 4.77. The Hall–Kier alpha value is -4.74. The molecule has 0 N–H and O–H groups in total. The molecule has 1 aromatic heterocycles. The number of allylic oxidation sites excluding steroid dienone is 1. The number of nitro groups is 1. The molecule has 0 bridgehead atoms. The molecule has 5 rings (SSSR count). The van der Waals surface area contributed by atoms with Crippen molar-refractivity contribution in [2.24, 2.45) is 4.99 Å². The highest BCUT2D eigenvalue weighted by molar-refractivity contribution is 7.07. The number of hydrogen-bond acceptors (Lipinski definition) is 9. The van der Waals surface area contributed by atoms with Crippen LogP contribution in [0.5, 0.6) is 11.5 Å². The summed E-state index contributed by atoms with van der Waals surface area (Å²) >= 11 is 7.59. The van der Waals surface area contributed by atoms with Crippen LogP contribution in [0.15, 0.2) is 87.8 Å². The molecule has 3 aromatic carbocycles. The first kappa shape index (κ1) is 29.7. The van der Waals surface area contributed by atoms with E-state index < -0.39 is 22.5 Å². The third-order valence-electron chi connectivity index (χ3n) is 6.75. The van der Waals surface area contributed by atoms with Crippen molar-refractivity contribution in [2.45, 2.75) is 26.5 Å². The number of carbonyl (C=O) groups is 1. The lowest BCUT2D eigenvalue weighted by molar-refractivity contribution is -0.385. The van der Waals surface area contributed by atoms with Crippen molar-refractivity contribution in [3.05, 3.63) is 130 Å². The molecule has 2 heterocycles. The fourth-order valence-corrected chi connectivity index (χ4v) is 6.05. The van der Waals surface area contributed by atoms with Gasteiger partial charge in [0.15, 0.2) is 16.3 Å². The topological polar surface area (TPSA) is 122 Å². The van der Waals surface area contributed by atoms with Crippen molar-refractivity contribution >= 4 is 40.7 Å². The second kappa shape index (κ2) is 12.6. The van der Waals surface area contributed by atoms with Crippen molar-refractivity contribution in [3.63, 3.8) is 0 Å². The van der Waals surface area contributed by atoms with Crippen LogP contribution in [0.3, 0.4) is 0 Å². The zero-order chi connectivity index (χ0) is 30.7. The van der Waals surface area contributed by atoms with Crippen LogP contribution < -0.4 is 24.4 Å². The number of carbonyl (C=O) groups excluding carboxylic acids is 1. The molecule has 0 saturated carbocycles. The molecule has 0 aliphatic carbocycles. The summed E-state index contributed by atoms with van der Waals surface area (Å²) in [6, 6.07) is 18.1. The van der Waals surface area contributed by atoms with Crippen molar-refractivity contribution in [3.8, 4) is 11.5 Å². The van der Waals surface area contributed by atoms with Crippen LogP contribution in [-0.2, 0) is 16.1 Å². The molecule has 0 radical (unpaired) electrons. The van der Waals surface area contributed by atoms with Crippen molar-refractivity contribution in [1.82, 2.24) is 4.57 Å². The van der Waals surface area contributed by atoms with E-state index in [-0.39, 0.29) is 46.1 Å². The smallest absolute Gasteiger partial charge is 0.338 e. The van der Waals surface area contributed by atoms with Gasteiger partial charge < -0.3 is 14.2 Å². The third kappa shape index (κ3) is 5.95. The van der Waals surface area contributed by atoms with Gasteiger partial charge in [-0.15, -0.1) is 0 Å². The van der Waals surface area contributed by atoms with E-state index in [1.807, 2.05) is 30.3 Å². The largest absolute Gasteiger partial charge is 0.493 e. The summed E-state index contributed by atoms with van der Waals surface area (Å²) in [5.41, 5.74) is 1.31. The molecule has 0 saturated heterocycles. The van der Waals surface area contributed by atoms with Crippen LogP contribution in [0, 0.1) is 10.1 Å². The molecular weight excluding hydrogens is 594 g/mol. The van der Waals surface area contributed by atoms with Gasteiger partial charge in [-0.25, -0.2) is 9.79 Å². The van der Waals surface area contributed by atoms with E-state index in [0.29, 0.717) is 21.1 Å². The van der Waals surface area contributed by atoms with E-state index in [2.05, 4.69) is 4.99 Å². The Kier molecular flexibility index (Phi) is 8.74. The number of methoxy groups -OCH3 is 1. The molecule has 4 aromatic rings. The molecule has 0 unspecified atom stereocenters. The maximum absolute atomic E-state index is 13.9. The SMILES string of the molecule is CCOC(=O)C1=C(C)N=c2s/c(=C\c3cc(OC)c(OCc4ccccc4)cc3[N+](=O)[O-])c(=O)n2[C@@H]1c1ccccc1Cl. The first-order valence-electron chi connectivity index (χ1n) is 13.2. The van der Waals surface area contributed by atoms with Crippen LogP contribution in [-0.4, -0.2) is 29.2 Å². The van der Waals surface area contributed by atoms with E-state index in [4.69, 9.17) is 25.8 Å². The van der Waals surface area contributed by atoms with Gasteiger partial charge in [0.1, 0.15) is 12.6 Å². The van der Waals surface area contributed by atoms with Gasteiger partial charge in [0.2, 0.25) is 0 Å². The van der Waals surface area contributed by atoms with Gasteiger partial charge in [-0.05, 0) is 43.2 Å². The normalized spacial score (nSPS) is 14.6. The quantitative estimate of drug-likeness (QED) is 0.148.